The SMILES string of the molecule is Cc1cccc(C[NH+]2CCC([NH+](C)Cc3ccccc3)CC2)c1. The maximum Gasteiger partial charge on any atom is 0.103 e. The second-order valence-corrected chi connectivity index (χ2v) is 7.20. The highest BCUT2D eigenvalue weighted by molar-refractivity contribution is 5.21. The lowest BCUT2D eigenvalue weighted by atomic mass is 10.0. The van der Waals surface area contributed by atoms with Gasteiger partial charge in [-0.15, -0.1) is 0 Å². The van der Waals surface area contributed by atoms with Gasteiger partial charge in [-0.25, -0.2) is 0 Å². The van der Waals surface area contributed by atoms with Crippen molar-refractivity contribution >= 4 is 0 Å². The van der Waals surface area contributed by atoms with Crippen LogP contribution in [0.5, 0.6) is 0 Å². The molecular formula is C21H30N2+2. The van der Waals surface area contributed by atoms with E-state index in [1.54, 1.807) is 9.80 Å². The average Bonchev–Trinajstić information content (AvgIpc) is 2.56. The zero-order valence-corrected chi connectivity index (χ0v) is 14.5. The number of likely N-dealkylation sites (tertiary alicyclic amines) is 1. The van der Waals surface area contributed by atoms with Gasteiger partial charge in [0.1, 0.15) is 13.1 Å². The third-order valence-electron chi connectivity index (χ3n) is 5.25. The van der Waals surface area contributed by atoms with Crippen molar-refractivity contribution in [3.63, 3.8) is 0 Å². The fourth-order valence-electron chi connectivity index (χ4n) is 3.87. The summed E-state index contributed by atoms with van der Waals surface area (Å²) < 4.78 is 0. The molecule has 2 nitrogen and oxygen atoms in total. The van der Waals surface area contributed by atoms with Crippen LogP contribution in [-0.2, 0) is 13.1 Å². The maximum absolute atomic E-state index is 2.36. The maximum atomic E-state index is 2.36. The topological polar surface area (TPSA) is 8.88 Å². The predicted molar refractivity (Wildman–Crippen MR) is 95.6 cm³/mol. The first kappa shape index (κ1) is 16.2. The van der Waals surface area contributed by atoms with E-state index in [2.05, 4.69) is 68.6 Å². The third kappa shape index (κ3) is 4.66. The molecule has 122 valence electrons. The molecule has 2 heteroatoms. The first-order valence-corrected chi connectivity index (χ1v) is 8.96. The zero-order chi connectivity index (χ0) is 16.1. The molecule has 1 fully saturated rings. The van der Waals surface area contributed by atoms with Gasteiger partial charge in [0.25, 0.3) is 0 Å². The Kier molecular flexibility index (Phi) is 5.47. The number of nitrogens with one attached hydrogen (secondary N) is 2. The number of piperidine rings is 1. The molecule has 2 aromatic carbocycles. The van der Waals surface area contributed by atoms with Crippen LogP contribution in [-0.4, -0.2) is 26.2 Å². The summed E-state index contributed by atoms with van der Waals surface area (Å²) in [7, 11) is 2.36. The predicted octanol–water partition coefficient (Wildman–Crippen LogP) is 1.26. The Morgan fingerprint density at radius 1 is 0.957 bits per heavy atom. The lowest BCUT2D eigenvalue weighted by Crippen LogP contribution is -3.18. The van der Waals surface area contributed by atoms with E-state index in [-0.39, 0.29) is 0 Å². The van der Waals surface area contributed by atoms with E-state index in [9.17, 15) is 0 Å². The van der Waals surface area contributed by atoms with Gasteiger partial charge in [0.05, 0.1) is 26.2 Å². The number of aryl methyl sites for hydroxylation is 1. The smallest absolute Gasteiger partial charge is 0.103 e. The Labute approximate surface area is 140 Å². The van der Waals surface area contributed by atoms with Crippen LogP contribution in [0.15, 0.2) is 54.6 Å². The average molecular weight is 310 g/mol. The van der Waals surface area contributed by atoms with Crippen LogP contribution in [0.1, 0.15) is 29.5 Å². The Bertz CT molecular complexity index is 600. The number of hydrogen-bond donors (Lipinski definition) is 2. The Hall–Kier alpha value is -1.64. The monoisotopic (exact) mass is 310 g/mol. The second kappa shape index (κ2) is 7.76. The van der Waals surface area contributed by atoms with Gasteiger partial charge in [0.15, 0.2) is 0 Å². The first-order chi connectivity index (χ1) is 11.2. The van der Waals surface area contributed by atoms with E-state index < -0.39 is 0 Å². The number of quaternary nitrogens is 2. The van der Waals surface area contributed by atoms with Crippen molar-refractivity contribution in [3.05, 3.63) is 71.3 Å². The van der Waals surface area contributed by atoms with Gasteiger partial charge in [0, 0.05) is 24.0 Å². The van der Waals surface area contributed by atoms with Crippen LogP contribution < -0.4 is 9.80 Å². The minimum Gasteiger partial charge on any atom is -0.331 e. The summed E-state index contributed by atoms with van der Waals surface area (Å²) in [5, 5.41) is 0. The standard InChI is InChI=1S/C21H28N2/c1-18-7-6-10-20(15-18)17-23-13-11-21(12-14-23)22(2)16-19-8-4-3-5-9-19/h3-10,15,21H,11-14,16-17H2,1-2H3/p+2. The molecule has 1 aliphatic rings. The Balaban J connectivity index is 1.48. The molecule has 1 atom stereocenters. The molecule has 1 heterocycles. The summed E-state index contributed by atoms with van der Waals surface area (Å²) in [6.07, 6.45) is 2.69. The minimum absolute atomic E-state index is 0.816. The molecule has 2 N–H and O–H groups in total. The van der Waals surface area contributed by atoms with Gasteiger partial charge in [-0.3, -0.25) is 0 Å². The molecule has 1 saturated heterocycles. The lowest BCUT2D eigenvalue weighted by Gasteiger charge is -2.32. The Morgan fingerprint density at radius 3 is 2.35 bits per heavy atom. The molecule has 0 bridgehead atoms. The fourth-order valence-corrected chi connectivity index (χ4v) is 3.87. The van der Waals surface area contributed by atoms with Crippen molar-refractivity contribution < 1.29 is 9.80 Å². The summed E-state index contributed by atoms with van der Waals surface area (Å²) in [6, 6.07) is 20.7. The summed E-state index contributed by atoms with van der Waals surface area (Å²) in [4.78, 5) is 3.42. The van der Waals surface area contributed by atoms with E-state index in [0.29, 0.717) is 0 Å². The molecular weight excluding hydrogens is 280 g/mol. The molecule has 1 unspecified atom stereocenters. The van der Waals surface area contributed by atoms with Crippen molar-refractivity contribution in [2.24, 2.45) is 0 Å². The molecule has 0 aliphatic carbocycles. The minimum atomic E-state index is 0.816. The van der Waals surface area contributed by atoms with Crippen molar-refractivity contribution in [2.45, 2.75) is 38.9 Å². The fraction of sp³-hybridized carbons (Fsp3) is 0.429. The number of benzene rings is 2. The lowest BCUT2D eigenvalue weighted by molar-refractivity contribution is -0.960. The summed E-state index contributed by atoms with van der Waals surface area (Å²) >= 11 is 0. The van der Waals surface area contributed by atoms with Gasteiger partial charge in [-0.2, -0.15) is 0 Å². The molecule has 0 spiro atoms. The highest BCUT2D eigenvalue weighted by Crippen LogP contribution is 2.04. The molecule has 2 aromatic rings. The van der Waals surface area contributed by atoms with E-state index in [1.807, 2.05) is 0 Å². The van der Waals surface area contributed by atoms with Crippen LogP contribution in [0.3, 0.4) is 0 Å². The van der Waals surface area contributed by atoms with E-state index >= 15 is 0 Å². The van der Waals surface area contributed by atoms with Crippen LogP contribution in [0, 0.1) is 6.92 Å². The zero-order valence-electron chi connectivity index (χ0n) is 14.5. The van der Waals surface area contributed by atoms with E-state index in [1.165, 1.54) is 49.2 Å². The highest BCUT2D eigenvalue weighted by Gasteiger charge is 2.27. The quantitative estimate of drug-likeness (QED) is 0.823. The van der Waals surface area contributed by atoms with Crippen molar-refractivity contribution in [1.29, 1.82) is 0 Å². The van der Waals surface area contributed by atoms with Gasteiger partial charge in [-0.1, -0.05) is 60.2 Å². The molecule has 1 aliphatic heterocycles. The largest absolute Gasteiger partial charge is 0.331 e. The van der Waals surface area contributed by atoms with Crippen LogP contribution >= 0.6 is 0 Å². The molecule has 0 saturated carbocycles. The molecule has 0 radical (unpaired) electrons. The Morgan fingerprint density at radius 2 is 1.65 bits per heavy atom. The summed E-state index contributed by atoms with van der Waals surface area (Å²) in [5.74, 6) is 0. The number of hydrogen-bond acceptors (Lipinski definition) is 0. The van der Waals surface area contributed by atoms with E-state index in [4.69, 9.17) is 0 Å². The normalized spacial score (nSPS) is 22.7. The van der Waals surface area contributed by atoms with Crippen LogP contribution in [0.2, 0.25) is 0 Å². The summed E-state index contributed by atoms with van der Waals surface area (Å²) in [5.41, 5.74) is 4.33. The second-order valence-electron chi connectivity index (χ2n) is 7.20. The first-order valence-electron chi connectivity index (χ1n) is 8.96. The van der Waals surface area contributed by atoms with Crippen LogP contribution in [0.25, 0.3) is 0 Å². The molecule has 3 rings (SSSR count). The van der Waals surface area contributed by atoms with Gasteiger partial charge in [0.2, 0.25) is 0 Å². The van der Waals surface area contributed by atoms with Gasteiger partial charge >= 0.3 is 0 Å². The van der Waals surface area contributed by atoms with Crippen molar-refractivity contribution in [2.75, 3.05) is 20.1 Å². The molecule has 0 aromatic heterocycles. The van der Waals surface area contributed by atoms with Crippen molar-refractivity contribution in [1.82, 2.24) is 0 Å². The molecule has 23 heavy (non-hydrogen) atoms. The highest BCUT2D eigenvalue weighted by atomic mass is 15.2. The van der Waals surface area contributed by atoms with Crippen LogP contribution in [0.4, 0.5) is 0 Å². The summed E-state index contributed by atoms with van der Waals surface area (Å²) in [6.45, 7) is 7.15. The third-order valence-corrected chi connectivity index (χ3v) is 5.25. The number of rotatable bonds is 5. The molecule has 0 amide bonds. The van der Waals surface area contributed by atoms with Gasteiger partial charge < -0.3 is 9.80 Å². The van der Waals surface area contributed by atoms with E-state index in [0.717, 1.165) is 12.6 Å². The van der Waals surface area contributed by atoms with Crippen molar-refractivity contribution in [3.8, 4) is 0 Å². The van der Waals surface area contributed by atoms with Gasteiger partial charge in [-0.05, 0) is 6.92 Å².